The van der Waals surface area contributed by atoms with Gasteiger partial charge in [0.2, 0.25) is 0 Å². The molecule has 0 aromatic rings. The van der Waals surface area contributed by atoms with E-state index in [9.17, 15) is 39.6 Å². The maximum atomic E-state index is 10.0. The molecule has 0 unspecified atom stereocenters. The fraction of sp³-hybridized carbons (Fsp3) is 0.889. The van der Waals surface area contributed by atoms with E-state index in [2.05, 4.69) is 27.7 Å². The van der Waals surface area contributed by atoms with Gasteiger partial charge in [0.05, 0.1) is 0 Å². The molecule has 2 radical (unpaired) electrons. The van der Waals surface area contributed by atoms with Crippen LogP contribution in [-0.4, -0.2) is 47.5 Å². The molecule has 0 saturated heterocycles. The first-order valence-corrected chi connectivity index (χ1v) is 17.9. The van der Waals surface area contributed by atoms with Gasteiger partial charge in [-0.05, 0) is 51.4 Å². The van der Waals surface area contributed by atoms with Crippen molar-refractivity contribution in [2.75, 3.05) is 0 Å². The molecule has 9 heteroatoms. The van der Waals surface area contributed by atoms with Crippen molar-refractivity contribution in [3.05, 3.63) is 0 Å². The van der Waals surface area contributed by atoms with Gasteiger partial charge in [-0.2, -0.15) is 0 Å². The minimum absolute atomic E-state index is 0. The van der Waals surface area contributed by atoms with Gasteiger partial charge in [-0.15, -0.1) is 0 Å². The topological polar surface area (TPSA) is 161 Å². The van der Waals surface area contributed by atoms with Crippen molar-refractivity contribution in [1.82, 2.24) is 0 Å². The van der Waals surface area contributed by atoms with Gasteiger partial charge in [-0.25, -0.2) is 0 Å². The number of carbonyl (C=O) groups is 4. The van der Waals surface area contributed by atoms with Crippen LogP contribution in [0.3, 0.4) is 0 Å². The summed E-state index contributed by atoms with van der Waals surface area (Å²) in [7, 11) is 0. The molecule has 0 aromatic carbocycles. The minimum atomic E-state index is -0.920. The third-order valence-electron chi connectivity index (χ3n) is 6.94. The van der Waals surface area contributed by atoms with Crippen LogP contribution in [-0.2, 0) is 19.2 Å². The Labute approximate surface area is 293 Å². The van der Waals surface area contributed by atoms with Crippen LogP contribution in [0.15, 0.2) is 0 Å². The Morgan fingerprint density at radius 1 is 0.289 bits per heavy atom. The summed E-state index contributed by atoms with van der Waals surface area (Å²) in [5, 5.41) is 39.9. The molecule has 0 rings (SSSR count). The van der Waals surface area contributed by atoms with Crippen molar-refractivity contribution in [3.8, 4) is 0 Å². The molecule has 0 bridgehead atoms. The molecule has 0 N–H and O–H groups in total. The molecule has 0 spiro atoms. The fourth-order valence-corrected chi connectivity index (χ4v) is 4.20. The van der Waals surface area contributed by atoms with Crippen LogP contribution < -0.4 is 20.4 Å². The molecule has 0 fully saturated rings. The molecule has 266 valence electrons. The Kier molecular flexibility index (Phi) is 58.5. The van der Waals surface area contributed by atoms with Crippen molar-refractivity contribution < 1.29 is 39.6 Å². The molecule has 0 aliphatic rings. The Hall–Kier alpha value is -1.33. The van der Waals surface area contributed by atoms with Gasteiger partial charge in [-0.1, -0.05) is 156 Å². The summed E-state index contributed by atoms with van der Waals surface area (Å²) in [4.78, 5) is 39.9. The van der Waals surface area contributed by atoms with Crippen molar-refractivity contribution in [3.63, 3.8) is 0 Å². The molecule has 0 amide bonds. The summed E-state index contributed by atoms with van der Waals surface area (Å²) in [5.74, 6) is -3.67. The van der Waals surface area contributed by atoms with E-state index in [0.29, 0.717) is 0 Å². The molecule has 0 heterocycles. The third-order valence-corrected chi connectivity index (χ3v) is 6.94. The summed E-state index contributed by atoms with van der Waals surface area (Å²) in [6, 6.07) is 0. The predicted molar refractivity (Wildman–Crippen MR) is 178 cm³/mol. The number of hydrogen-bond acceptors (Lipinski definition) is 8. The Morgan fingerprint density at radius 2 is 0.422 bits per heavy atom. The van der Waals surface area contributed by atoms with Gasteiger partial charge in [0.25, 0.3) is 0 Å². The largest absolute Gasteiger partial charge is 4.00 e. The second-order valence-corrected chi connectivity index (χ2v) is 11.6. The van der Waals surface area contributed by atoms with E-state index >= 15 is 0 Å². The van der Waals surface area contributed by atoms with Crippen molar-refractivity contribution in [2.24, 2.45) is 0 Å². The van der Waals surface area contributed by atoms with Crippen LogP contribution in [0.2, 0.25) is 0 Å². The van der Waals surface area contributed by atoms with Gasteiger partial charge in [-0.3, -0.25) is 0 Å². The minimum Gasteiger partial charge on any atom is -0.550 e. The van der Waals surface area contributed by atoms with Crippen LogP contribution in [0.25, 0.3) is 0 Å². The molecule has 0 aromatic heterocycles. The number of carboxylic acids is 4. The van der Waals surface area contributed by atoms with Crippen LogP contribution in [0.5, 0.6) is 0 Å². The molecule has 0 aliphatic heterocycles. The van der Waals surface area contributed by atoms with Crippen LogP contribution >= 0.6 is 0 Å². The van der Waals surface area contributed by atoms with Crippen LogP contribution in [0.4, 0.5) is 0 Å². The zero-order valence-electron chi connectivity index (χ0n) is 29.5. The number of carbonyl (C=O) groups excluding carboxylic acids is 4. The van der Waals surface area contributed by atoms with E-state index in [4.69, 9.17) is 0 Å². The van der Waals surface area contributed by atoms with E-state index in [1.807, 2.05) is 0 Å². The van der Waals surface area contributed by atoms with E-state index < -0.39 is 23.9 Å². The van der Waals surface area contributed by atoms with Crippen LogP contribution in [0, 0.1) is 0 Å². The summed E-state index contributed by atoms with van der Waals surface area (Å²) in [6.45, 7) is 8.66. The molecule has 0 atom stereocenters. The molecule has 45 heavy (non-hydrogen) atoms. The predicted octanol–water partition coefficient (Wildman–Crippen LogP) is 5.57. The number of hydrogen-bond donors (Lipinski definition) is 0. The Bertz CT molecular complexity index is 562. The van der Waals surface area contributed by atoms with E-state index in [-0.39, 0.29) is 49.3 Å². The Balaban J connectivity index is -0.000000157. The normalized spacial score (nSPS) is 9.69. The van der Waals surface area contributed by atoms with E-state index in [0.717, 1.165) is 64.2 Å². The van der Waals surface area contributed by atoms with Crippen molar-refractivity contribution in [2.45, 2.75) is 207 Å². The second-order valence-electron chi connectivity index (χ2n) is 11.6. The number of unbranched alkanes of at least 4 members (excludes halogenated alkanes) is 20. The van der Waals surface area contributed by atoms with E-state index in [1.54, 1.807) is 0 Å². The number of carboxylic acid groups (broad SMARTS) is 4. The van der Waals surface area contributed by atoms with Crippen molar-refractivity contribution in [1.29, 1.82) is 0 Å². The molecule has 0 saturated carbocycles. The summed E-state index contributed by atoms with van der Waals surface area (Å²) >= 11 is 0. The summed E-state index contributed by atoms with van der Waals surface area (Å²) in [6.07, 6.45) is 27.9. The van der Waals surface area contributed by atoms with Gasteiger partial charge >= 0.3 is 23.7 Å². The smallest absolute Gasteiger partial charge is 0.550 e. The van der Waals surface area contributed by atoms with Gasteiger partial charge in [0.1, 0.15) is 0 Å². The van der Waals surface area contributed by atoms with Gasteiger partial charge in [0, 0.05) is 23.9 Å². The van der Waals surface area contributed by atoms with E-state index in [1.165, 1.54) is 89.9 Å². The SMILES string of the molecule is CCCCCCCC(=O)[O-].CCCCCCCC(=O)[O-].CCCCCCCCCC(=O)[O-].CCCCCCCCCC(=O)[O-].[Te+4]. The first kappa shape index (κ1) is 53.2. The fourth-order valence-electron chi connectivity index (χ4n) is 4.20. The third kappa shape index (κ3) is 75.0. The van der Waals surface area contributed by atoms with Crippen LogP contribution in [0.1, 0.15) is 207 Å². The quantitative estimate of drug-likeness (QED) is 0.0741. The van der Waals surface area contributed by atoms with Gasteiger partial charge in [0.15, 0.2) is 0 Å². The zero-order chi connectivity index (χ0) is 34.1. The summed E-state index contributed by atoms with van der Waals surface area (Å²) in [5.41, 5.74) is 0. The Morgan fingerprint density at radius 3 is 0.556 bits per heavy atom. The second kappa shape index (κ2) is 49.5. The monoisotopic (exact) mass is 758 g/mol. The average Bonchev–Trinajstić information content (AvgIpc) is 2.96. The molecule has 8 nitrogen and oxygen atoms in total. The zero-order valence-corrected chi connectivity index (χ0v) is 31.8. The van der Waals surface area contributed by atoms with Gasteiger partial charge < -0.3 is 39.6 Å². The summed E-state index contributed by atoms with van der Waals surface area (Å²) < 4.78 is 0. The maximum Gasteiger partial charge on any atom is 4.00 e. The maximum absolute atomic E-state index is 10.0. The molecule has 0 aliphatic carbocycles. The standard InChI is InChI=1S/2C10H20O2.2C8H16O2.Te/c2*1-2-3-4-5-6-7-8-9-10(11)12;2*1-2-3-4-5-6-7-8(9)10;/h2*2-9H2,1H3,(H,11,12);2*2-7H2,1H3,(H,9,10);/q;;;;+4/p-4. The molecular weight excluding hydrogens is 688 g/mol. The molecular formula is C36H68O8Te. The number of aliphatic carboxylic acids is 4. The first-order chi connectivity index (χ1) is 21.1. The van der Waals surface area contributed by atoms with Crippen molar-refractivity contribution >= 4 is 47.5 Å². The first-order valence-electron chi connectivity index (χ1n) is 17.9. The average molecular weight is 757 g/mol. The number of rotatable bonds is 28.